The van der Waals surface area contributed by atoms with Gasteiger partial charge in [0.25, 0.3) is 0 Å². The zero-order valence-corrected chi connectivity index (χ0v) is 15.4. The molecule has 152 valence electrons. The molecule has 2 rings (SSSR count). The SMILES string of the molecule is C#Cc1cn([C@@H]2O[C@H](C)C(O)C2O)c(=O)nc1NC(=O)OCCCNC(C)=O. The van der Waals surface area contributed by atoms with Crippen molar-refractivity contribution in [3.63, 3.8) is 0 Å². The van der Waals surface area contributed by atoms with Crippen LogP contribution in [0, 0.1) is 12.3 Å². The number of aliphatic hydroxyl groups excluding tert-OH is 2. The second kappa shape index (κ2) is 9.32. The number of aliphatic hydroxyl groups is 2. The van der Waals surface area contributed by atoms with Crippen LogP contribution in [0.1, 0.15) is 32.1 Å². The van der Waals surface area contributed by atoms with Gasteiger partial charge >= 0.3 is 11.8 Å². The van der Waals surface area contributed by atoms with Crippen LogP contribution in [-0.4, -0.2) is 63.2 Å². The lowest BCUT2D eigenvalue weighted by molar-refractivity contribution is -0.118. The number of carbonyl (C=O) groups excluding carboxylic acids is 2. The van der Waals surface area contributed by atoms with E-state index < -0.39 is 36.3 Å². The minimum atomic E-state index is -1.34. The monoisotopic (exact) mass is 394 g/mol. The Balaban J connectivity index is 2.05. The van der Waals surface area contributed by atoms with Crippen LogP contribution in [0.4, 0.5) is 10.6 Å². The van der Waals surface area contributed by atoms with Crippen molar-refractivity contribution in [1.82, 2.24) is 14.9 Å². The predicted molar refractivity (Wildman–Crippen MR) is 96.3 cm³/mol. The van der Waals surface area contributed by atoms with Gasteiger partial charge in [-0.05, 0) is 13.3 Å². The molecular weight excluding hydrogens is 372 g/mol. The molecule has 2 heterocycles. The van der Waals surface area contributed by atoms with Crippen LogP contribution in [0.3, 0.4) is 0 Å². The van der Waals surface area contributed by atoms with E-state index in [1.165, 1.54) is 13.1 Å². The van der Waals surface area contributed by atoms with Crippen LogP contribution in [0.2, 0.25) is 0 Å². The van der Waals surface area contributed by atoms with E-state index >= 15 is 0 Å². The van der Waals surface area contributed by atoms with E-state index in [9.17, 15) is 24.6 Å². The molecule has 1 aliphatic heterocycles. The second-order valence-corrected chi connectivity index (χ2v) is 6.15. The van der Waals surface area contributed by atoms with Gasteiger partial charge < -0.3 is 25.0 Å². The van der Waals surface area contributed by atoms with Crippen molar-refractivity contribution in [3.05, 3.63) is 22.2 Å². The van der Waals surface area contributed by atoms with E-state index in [1.54, 1.807) is 6.92 Å². The molecule has 0 bridgehead atoms. The van der Waals surface area contributed by atoms with Crippen molar-refractivity contribution in [2.24, 2.45) is 0 Å². The molecule has 0 aliphatic carbocycles. The van der Waals surface area contributed by atoms with Crippen LogP contribution in [0.25, 0.3) is 0 Å². The average molecular weight is 394 g/mol. The fourth-order valence-electron chi connectivity index (χ4n) is 2.54. The van der Waals surface area contributed by atoms with Crippen molar-refractivity contribution in [2.45, 2.75) is 44.8 Å². The third kappa shape index (κ3) is 5.07. The van der Waals surface area contributed by atoms with Gasteiger partial charge in [-0.25, -0.2) is 9.59 Å². The number of amides is 2. The summed E-state index contributed by atoms with van der Waals surface area (Å²) in [5.41, 5.74) is -0.787. The normalized spacial score (nSPS) is 23.7. The molecule has 1 aliphatic rings. The topological polar surface area (TPSA) is 152 Å². The Labute approximate surface area is 160 Å². The maximum absolute atomic E-state index is 12.3. The lowest BCUT2D eigenvalue weighted by Gasteiger charge is -2.18. The summed E-state index contributed by atoms with van der Waals surface area (Å²) in [6.45, 7) is 3.30. The molecule has 0 spiro atoms. The maximum Gasteiger partial charge on any atom is 0.412 e. The van der Waals surface area contributed by atoms with Gasteiger partial charge in [0.2, 0.25) is 5.91 Å². The largest absolute Gasteiger partial charge is 0.449 e. The first-order valence-electron chi connectivity index (χ1n) is 8.54. The van der Waals surface area contributed by atoms with Gasteiger partial charge in [0.1, 0.15) is 12.2 Å². The van der Waals surface area contributed by atoms with Gasteiger partial charge in [-0.3, -0.25) is 14.7 Å². The second-order valence-electron chi connectivity index (χ2n) is 6.15. The molecular formula is C17H22N4O7. The summed E-state index contributed by atoms with van der Waals surface area (Å²) in [5.74, 6) is 1.91. The first-order valence-corrected chi connectivity index (χ1v) is 8.54. The quantitative estimate of drug-likeness (QED) is 0.352. The lowest BCUT2D eigenvalue weighted by Crippen LogP contribution is -2.36. The van der Waals surface area contributed by atoms with Crippen molar-refractivity contribution in [2.75, 3.05) is 18.5 Å². The fraction of sp³-hybridized carbons (Fsp3) is 0.529. The minimum Gasteiger partial charge on any atom is -0.449 e. The molecule has 2 amide bonds. The number of hydrogen-bond acceptors (Lipinski definition) is 8. The summed E-state index contributed by atoms with van der Waals surface area (Å²) >= 11 is 0. The Kier molecular flexibility index (Phi) is 7.11. The highest BCUT2D eigenvalue weighted by Crippen LogP contribution is 2.28. The van der Waals surface area contributed by atoms with E-state index in [1.807, 2.05) is 0 Å². The van der Waals surface area contributed by atoms with Gasteiger partial charge in [0.05, 0.1) is 18.3 Å². The van der Waals surface area contributed by atoms with E-state index in [2.05, 4.69) is 21.5 Å². The van der Waals surface area contributed by atoms with Gasteiger partial charge in [0, 0.05) is 19.7 Å². The number of ether oxygens (including phenoxy) is 2. The summed E-state index contributed by atoms with van der Waals surface area (Å²) in [4.78, 5) is 38.5. The average Bonchev–Trinajstić information content (AvgIpc) is 2.88. The van der Waals surface area contributed by atoms with E-state index in [-0.39, 0.29) is 23.9 Å². The lowest BCUT2D eigenvalue weighted by atomic mass is 10.1. The molecule has 2 unspecified atom stereocenters. The molecule has 1 fully saturated rings. The third-order valence-electron chi connectivity index (χ3n) is 4.01. The van der Waals surface area contributed by atoms with Crippen molar-refractivity contribution < 1.29 is 29.3 Å². The predicted octanol–water partition coefficient (Wildman–Crippen LogP) is -1.06. The minimum absolute atomic E-state index is 0.0342. The number of carbonyl (C=O) groups is 2. The van der Waals surface area contributed by atoms with E-state index in [0.29, 0.717) is 13.0 Å². The first kappa shape index (κ1) is 21.4. The number of anilines is 1. The Morgan fingerprint density at radius 3 is 2.71 bits per heavy atom. The number of terminal acetylenes is 1. The molecule has 1 aromatic heterocycles. The number of nitrogens with zero attached hydrogens (tertiary/aromatic N) is 2. The Hall–Kier alpha value is -2.94. The molecule has 11 heteroatoms. The molecule has 11 nitrogen and oxygen atoms in total. The summed E-state index contributed by atoms with van der Waals surface area (Å²) in [6.07, 6.45) is 1.78. The third-order valence-corrected chi connectivity index (χ3v) is 4.01. The highest BCUT2D eigenvalue weighted by Gasteiger charge is 2.42. The van der Waals surface area contributed by atoms with Gasteiger partial charge in [-0.2, -0.15) is 4.98 Å². The maximum atomic E-state index is 12.3. The van der Waals surface area contributed by atoms with E-state index in [4.69, 9.17) is 15.9 Å². The Morgan fingerprint density at radius 1 is 1.43 bits per heavy atom. The zero-order valence-electron chi connectivity index (χ0n) is 15.4. The fourth-order valence-corrected chi connectivity index (χ4v) is 2.54. The Morgan fingerprint density at radius 2 is 2.14 bits per heavy atom. The van der Waals surface area contributed by atoms with Crippen LogP contribution in [0.15, 0.2) is 11.0 Å². The van der Waals surface area contributed by atoms with Crippen molar-refractivity contribution in [1.29, 1.82) is 0 Å². The highest BCUT2D eigenvalue weighted by atomic mass is 16.6. The van der Waals surface area contributed by atoms with Crippen LogP contribution in [-0.2, 0) is 14.3 Å². The summed E-state index contributed by atoms with van der Waals surface area (Å²) in [6, 6.07) is 0. The van der Waals surface area contributed by atoms with Gasteiger partial charge in [-0.15, -0.1) is 6.42 Å². The molecule has 1 aromatic rings. The first-order chi connectivity index (χ1) is 13.2. The van der Waals surface area contributed by atoms with Crippen LogP contribution in [0.5, 0.6) is 0 Å². The molecule has 0 aromatic carbocycles. The van der Waals surface area contributed by atoms with Crippen LogP contribution >= 0.6 is 0 Å². The molecule has 0 saturated carbocycles. The smallest absolute Gasteiger partial charge is 0.412 e. The summed E-state index contributed by atoms with van der Waals surface area (Å²) in [7, 11) is 0. The Bertz CT molecular complexity index is 832. The van der Waals surface area contributed by atoms with Crippen LogP contribution < -0.4 is 16.3 Å². The van der Waals surface area contributed by atoms with Crippen molar-refractivity contribution in [3.8, 4) is 12.3 Å². The zero-order chi connectivity index (χ0) is 20.8. The van der Waals surface area contributed by atoms with Crippen molar-refractivity contribution >= 4 is 17.8 Å². The van der Waals surface area contributed by atoms with Gasteiger partial charge in [0.15, 0.2) is 12.0 Å². The summed E-state index contributed by atoms with van der Waals surface area (Å²) in [5, 5.41) is 24.7. The molecule has 4 atom stereocenters. The molecule has 1 saturated heterocycles. The number of rotatable bonds is 6. The molecule has 28 heavy (non-hydrogen) atoms. The summed E-state index contributed by atoms with van der Waals surface area (Å²) < 4.78 is 11.3. The molecule has 4 N–H and O–H groups in total. The highest BCUT2D eigenvalue weighted by molar-refractivity contribution is 5.84. The standard InChI is InChI=1S/C17H22N4O7/c1-4-11-8-21(15-13(24)12(23)9(2)28-15)16(25)19-14(11)20-17(26)27-7-5-6-18-10(3)22/h1,8-9,12-13,15,23-24H,5-7H2,2-3H3,(H,18,22)(H,19,20,25,26)/t9-,12?,13?,15-/m1/s1. The number of aromatic nitrogens is 2. The van der Waals surface area contributed by atoms with Gasteiger partial charge in [-0.1, -0.05) is 5.92 Å². The van der Waals surface area contributed by atoms with E-state index in [0.717, 1.165) is 4.57 Å². The number of nitrogens with one attached hydrogen (secondary N) is 2. The number of hydrogen-bond donors (Lipinski definition) is 4. The molecule has 0 radical (unpaired) electrons.